The van der Waals surface area contributed by atoms with Gasteiger partial charge in [0, 0.05) is 19.2 Å². The molecule has 176 valence electrons. The quantitative estimate of drug-likeness (QED) is 0.295. The first kappa shape index (κ1) is 24.6. The second-order valence-corrected chi connectivity index (χ2v) is 7.89. The molecule has 1 unspecified atom stereocenters. The molecule has 0 fully saturated rings. The van der Waals surface area contributed by atoms with Gasteiger partial charge in [-0.2, -0.15) is 5.10 Å². The van der Waals surface area contributed by atoms with Gasteiger partial charge in [-0.25, -0.2) is 9.07 Å². The zero-order valence-electron chi connectivity index (χ0n) is 19.3. The number of rotatable bonds is 13. The molecule has 7 heteroatoms. The molecule has 1 N–H and O–H groups in total. The highest BCUT2D eigenvalue weighted by atomic mass is 19.1. The van der Waals surface area contributed by atoms with Gasteiger partial charge in [-0.1, -0.05) is 37.3 Å². The minimum atomic E-state index is -0.631. The third kappa shape index (κ3) is 6.99. The summed E-state index contributed by atoms with van der Waals surface area (Å²) in [5.41, 5.74) is 2.54. The molecular weight excluding hydrogens is 421 g/mol. The first-order valence-electron chi connectivity index (χ1n) is 11.2. The van der Waals surface area contributed by atoms with E-state index in [4.69, 9.17) is 14.6 Å². The van der Waals surface area contributed by atoms with Crippen molar-refractivity contribution in [3.05, 3.63) is 84.3 Å². The topological polar surface area (TPSA) is 59.8 Å². The molecule has 0 aliphatic carbocycles. The molecule has 0 amide bonds. The van der Waals surface area contributed by atoms with E-state index < -0.39 is 6.10 Å². The molecule has 1 heterocycles. The third-order valence-electron chi connectivity index (χ3n) is 5.09. The van der Waals surface area contributed by atoms with Crippen molar-refractivity contribution in [3.8, 4) is 17.3 Å². The Labute approximate surface area is 194 Å². The van der Waals surface area contributed by atoms with Gasteiger partial charge in [0.15, 0.2) is 0 Å². The van der Waals surface area contributed by atoms with Gasteiger partial charge in [0.1, 0.15) is 11.6 Å². The summed E-state index contributed by atoms with van der Waals surface area (Å²) in [7, 11) is 0. The lowest BCUT2D eigenvalue weighted by Crippen LogP contribution is -2.35. The van der Waals surface area contributed by atoms with Gasteiger partial charge in [-0.15, -0.1) is 6.58 Å². The molecule has 6 nitrogen and oxygen atoms in total. The molecule has 0 spiro atoms. The van der Waals surface area contributed by atoms with Crippen LogP contribution >= 0.6 is 0 Å². The SMILES string of the molecule is C=CCOCC(O)CN(CCC)Cc1c(C)nn(-c2ccccc2)c1Oc1cccc(F)c1. The summed E-state index contributed by atoms with van der Waals surface area (Å²) in [4.78, 5) is 2.15. The van der Waals surface area contributed by atoms with Gasteiger partial charge < -0.3 is 14.6 Å². The van der Waals surface area contributed by atoms with Crippen LogP contribution in [0.15, 0.2) is 67.3 Å². The number of aryl methyl sites for hydroxylation is 1. The number of ether oxygens (including phenoxy) is 2. The zero-order chi connectivity index (χ0) is 23.6. The van der Waals surface area contributed by atoms with Crippen LogP contribution in [0, 0.1) is 12.7 Å². The van der Waals surface area contributed by atoms with Crippen molar-refractivity contribution >= 4 is 0 Å². The number of hydrogen-bond donors (Lipinski definition) is 1. The van der Waals surface area contributed by atoms with Crippen LogP contribution in [-0.2, 0) is 11.3 Å². The van der Waals surface area contributed by atoms with Crippen molar-refractivity contribution < 1.29 is 19.0 Å². The lowest BCUT2D eigenvalue weighted by molar-refractivity contribution is 0.0244. The Bertz CT molecular complexity index is 1020. The third-order valence-corrected chi connectivity index (χ3v) is 5.09. The Morgan fingerprint density at radius 1 is 1.21 bits per heavy atom. The van der Waals surface area contributed by atoms with Crippen LogP contribution in [0.3, 0.4) is 0 Å². The number of aromatic nitrogens is 2. The van der Waals surface area contributed by atoms with Crippen molar-refractivity contribution in [1.29, 1.82) is 0 Å². The summed E-state index contributed by atoms with van der Waals surface area (Å²) >= 11 is 0. The predicted octanol–water partition coefficient (Wildman–Crippen LogP) is 4.89. The molecule has 0 saturated carbocycles. The Morgan fingerprint density at radius 3 is 2.70 bits per heavy atom. The maximum absolute atomic E-state index is 13.8. The van der Waals surface area contributed by atoms with Gasteiger partial charge in [-0.05, 0) is 44.2 Å². The van der Waals surface area contributed by atoms with Crippen LogP contribution in [-0.4, -0.2) is 52.2 Å². The summed E-state index contributed by atoms with van der Waals surface area (Å²) in [6, 6.07) is 15.8. The first-order chi connectivity index (χ1) is 16.0. The average Bonchev–Trinajstić information content (AvgIpc) is 3.10. The fourth-order valence-electron chi connectivity index (χ4n) is 3.62. The highest BCUT2D eigenvalue weighted by molar-refractivity contribution is 5.43. The number of nitrogens with zero attached hydrogens (tertiary/aromatic N) is 3. The first-order valence-corrected chi connectivity index (χ1v) is 11.2. The van der Waals surface area contributed by atoms with Gasteiger partial charge in [0.2, 0.25) is 5.88 Å². The van der Waals surface area contributed by atoms with Crippen molar-refractivity contribution in [2.75, 3.05) is 26.3 Å². The van der Waals surface area contributed by atoms with E-state index in [1.807, 2.05) is 37.3 Å². The van der Waals surface area contributed by atoms with Crippen LogP contribution in [0.5, 0.6) is 11.6 Å². The van der Waals surface area contributed by atoms with E-state index in [0.717, 1.165) is 29.9 Å². The standard InChI is InChI=1S/C26H32FN3O3/c1-4-14-29(17-23(31)19-32-15-5-2)18-25-20(3)28-30(22-11-7-6-8-12-22)26(25)33-24-13-9-10-21(27)16-24/h5-13,16,23,31H,2,4,14-15,17-19H2,1,3H3. The van der Waals surface area contributed by atoms with E-state index in [1.165, 1.54) is 12.1 Å². The summed E-state index contributed by atoms with van der Waals surface area (Å²) in [6.45, 7) is 10.0. The molecule has 33 heavy (non-hydrogen) atoms. The van der Waals surface area contributed by atoms with E-state index in [2.05, 4.69) is 18.4 Å². The summed E-state index contributed by atoms with van der Waals surface area (Å²) in [5.74, 6) is 0.558. The Hall–Kier alpha value is -3.00. The maximum atomic E-state index is 13.8. The molecule has 3 aromatic rings. The van der Waals surface area contributed by atoms with E-state index in [1.54, 1.807) is 22.9 Å². The average molecular weight is 454 g/mol. The molecule has 0 aliphatic rings. The van der Waals surface area contributed by atoms with Crippen LogP contribution in [0.1, 0.15) is 24.6 Å². The highest BCUT2D eigenvalue weighted by Gasteiger charge is 2.22. The fourth-order valence-corrected chi connectivity index (χ4v) is 3.62. The summed E-state index contributed by atoms with van der Waals surface area (Å²) < 4.78 is 27.2. The monoisotopic (exact) mass is 453 g/mol. The lowest BCUT2D eigenvalue weighted by atomic mass is 10.2. The molecule has 0 aliphatic heterocycles. The molecule has 0 saturated heterocycles. The minimum Gasteiger partial charge on any atom is -0.438 e. The van der Waals surface area contributed by atoms with Gasteiger partial charge in [0.25, 0.3) is 0 Å². The smallest absolute Gasteiger partial charge is 0.227 e. The normalized spacial score (nSPS) is 12.2. The van der Waals surface area contributed by atoms with Crippen LogP contribution in [0.4, 0.5) is 4.39 Å². The second-order valence-electron chi connectivity index (χ2n) is 7.89. The number of aliphatic hydroxyl groups is 1. The Morgan fingerprint density at radius 2 is 2.00 bits per heavy atom. The Kier molecular flexibility index (Phi) is 9.18. The minimum absolute atomic E-state index is 0.237. The van der Waals surface area contributed by atoms with E-state index >= 15 is 0 Å². The highest BCUT2D eigenvalue weighted by Crippen LogP contribution is 2.32. The molecule has 3 rings (SSSR count). The summed E-state index contributed by atoms with van der Waals surface area (Å²) in [6.07, 6.45) is 1.95. The number of halogens is 1. The van der Waals surface area contributed by atoms with Crippen molar-refractivity contribution in [1.82, 2.24) is 14.7 Å². The molecule has 0 radical (unpaired) electrons. The molecular formula is C26H32FN3O3. The molecule has 1 atom stereocenters. The number of hydrogen-bond acceptors (Lipinski definition) is 5. The van der Waals surface area contributed by atoms with Crippen LogP contribution < -0.4 is 4.74 Å². The number of para-hydroxylation sites is 1. The fraction of sp³-hybridized carbons (Fsp3) is 0.346. The van der Waals surface area contributed by atoms with E-state index in [-0.39, 0.29) is 12.4 Å². The molecule has 2 aromatic carbocycles. The van der Waals surface area contributed by atoms with E-state index in [0.29, 0.717) is 31.3 Å². The van der Waals surface area contributed by atoms with Gasteiger partial charge >= 0.3 is 0 Å². The Balaban J connectivity index is 1.91. The van der Waals surface area contributed by atoms with Gasteiger partial charge in [0.05, 0.1) is 36.3 Å². The van der Waals surface area contributed by atoms with Crippen molar-refractivity contribution in [3.63, 3.8) is 0 Å². The van der Waals surface area contributed by atoms with Crippen LogP contribution in [0.2, 0.25) is 0 Å². The maximum Gasteiger partial charge on any atom is 0.227 e. The van der Waals surface area contributed by atoms with E-state index in [9.17, 15) is 9.50 Å². The van der Waals surface area contributed by atoms with Crippen LogP contribution in [0.25, 0.3) is 5.69 Å². The lowest BCUT2D eigenvalue weighted by Gasteiger charge is -2.25. The zero-order valence-corrected chi connectivity index (χ0v) is 19.3. The molecule has 0 bridgehead atoms. The second kappa shape index (κ2) is 12.3. The predicted molar refractivity (Wildman–Crippen MR) is 127 cm³/mol. The molecule has 1 aromatic heterocycles. The largest absolute Gasteiger partial charge is 0.438 e. The van der Waals surface area contributed by atoms with Crippen molar-refractivity contribution in [2.45, 2.75) is 32.9 Å². The van der Waals surface area contributed by atoms with Gasteiger partial charge in [-0.3, -0.25) is 4.90 Å². The van der Waals surface area contributed by atoms with Crippen molar-refractivity contribution in [2.24, 2.45) is 0 Å². The summed E-state index contributed by atoms with van der Waals surface area (Å²) in [5, 5.41) is 15.2. The number of aliphatic hydroxyl groups excluding tert-OH is 1. The number of benzene rings is 2.